The molecule has 4 aliphatic rings. The van der Waals surface area contributed by atoms with E-state index >= 15 is 0 Å². The van der Waals surface area contributed by atoms with Crippen molar-refractivity contribution in [1.29, 1.82) is 0 Å². The molecule has 6 unspecified atom stereocenters. The van der Waals surface area contributed by atoms with Gasteiger partial charge in [-0.15, -0.1) is 0 Å². The van der Waals surface area contributed by atoms with E-state index in [1.807, 2.05) is 65.8 Å². The zero-order valence-electron chi connectivity index (χ0n) is 37.1. The van der Waals surface area contributed by atoms with Gasteiger partial charge in [0.1, 0.15) is 36.9 Å². The van der Waals surface area contributed by atoms with Crippen LogP contribution in [0.2, 0.25) is 0 Å². The zero-order chi connectivity index (χ0) is 43.6. The Kier molecular flexibility index (Phi) is 12.0. The van der Waals surface area contributed by atoms with E-state index < -0.39 is 12.2 Å². The third-order valence-electron chi connectivity index (χ3n) is 14.0. The molecule has 0 radical (unpaired) electrons. The van der Waals surface area contributed by atoms with Crippen LogP contribution in [0.5, 0.6) is 11.5 Å². The molecule has 0 amide bonds. The fourth-order valence-electron chi connectivity index (χ4n) is 10.6. The lowest BCUT2D eigenvalue weighted by molar-refractivity contribution is 0.0531. The van der Waals surface area contributed by atoms with Crippen LogP contribution in [0.25, 0.3) is 0 Å². The maximum absolute atomic E-state index is 12.9. The number of aryl methyl sites for hydroxylation is 8. The highest BCUT2D eigenvalue weighted by Crippen LogP contribution is 2.71. The van der Waals surface area contributed by atoms with Gasteiger partial charge in [-0.05, 0) is 135 Å². The molecule has 12 heteroatoms. The summed E-state index contributed by atoms with van der Waals surface area (Å²) in [7, 11) is 0. The van der Waals surface area contributed by atoms with Crippen LogP contribution in [0.3, 0.4) is 0 Å². The first kappa shape index (κ1) is 43.7. The maximum atomic E-state index is 12.9. The molecule has 324 valence electrons. The highest BCUT2D eigenvalue weighted by atomic mass is 16.5. The Morgan fingerprint density at radius 3 is 1.30 bits per heavy atom. The lowest BCUT2D eigenvalue weighted by Gasteiger charge is -2.16. The van der Waals surface area contributed by atoms with Crippen molar-refractivity contribution in [3.63, 3.8) is 0 Å². The molecule has 2 saturated carbocycles. The molecule has 8 rings (SSSR count). The second-order valence-electron chi connectivity index (χ2n) is 19.1. The molecule has 4 aromatic rings. The number of carbonyl (C=O) groups is 2. The lowest BCUT2D eigenvalue weighted by atomic mass is 9.98. The van der Waals surface area contributed by atoms with Gasteiger partial charge in [-0.1, -0.05) is 52.0 Å². The molecule has 60 heavy (non-hydrogen) atoms. The SMILES string of the molecule is Cc1cc(CCC(=O)n2nc(C)c3c2CC2C3C2(C)C)cc(C)c1OCC(O)CO.Cc1cc(CCC(=O)n2nc(C)c3c2CC2C3C2(C)C)cc(C)c1OCC(O)CO. The number of rotatable bonds is 14. The predicted molar refractivity (Wildman–Crippen MR) is 228 cm³/mol. The normalized spacial score (nSPS) is 21.8. The number of ether oxygens (including phenoxy) is 2. The van der Waals surface area contributed by atoms with Gasteiger partial charge < -0.3 is 29.9 Å². The summed E-state index contributed by atoms with van der Waals surface area (Å²) in [6.45, 7) is 20.6. The quantitative estimate of drug-likeness (QED) is 0.115. The number of carbonyl (C=O) groups excluding carboxylic acids is 2. The number of hydrogen-bond donors (Lipinski definition) is 4. The van der Waals surface area contributed by atoms with Crippen molar-refractivity contribution in [2.24, 2.45) is 22.7 Å². The number of aliphatic hydroxyl groups excluding tert-OH is 4. The summed E-state index contributed by atoms with van der Waals surface area (Å²) in [4.78, 5) is 25.9. The minimum Gasteiger partial charge on any atom is -0.490 e. The van der Waals surface area contributed by atoms with Crippen LogP contribution in [0.15, 0.2) is 24.3 Å². The van der Waals surface area contributed by atoms with Gasteiger partial charge in [-0.3, -0.25) is 9.59 Å². The first-order valence-corrected chi connectivity index (χ1v) is 21.6. The molecule has 2 aromatic carbocycles. The standard InChI is InChI=1S/2C24H32N2O4/c2*1-13-8-16(9-14(2)23(13)30-12-17(28)11-27)6-7-20(29)26-19-10-18-22(24(18,4)5)21(19)15(3)25-26/h2*8-9,17-18,22,27-28H,6-7,10-12H2,1-5H3. The first-order chi connectivity index (χ1) is 28.3. The summed E-state index contributed by atoms with van der Waals surface area (Å²) in [6.07, 6.45) is 2.25. The number of fused-ring (bicyclic) bond motifs is 6. The number of benzene rings is 2. The van der Waals surface area contributed by atoms with E-state index in [1.54, 1.807) is 9.36 Å². The van der Waals surface area contributed by atoms with Gasteiger partial charge in [0.25, 0.3) is 0 Å². The van der Waals surface area contributed by atoms with Crippen molar-refractivity contribution in [3.8, 4) is 11.5 Å². The summed E-state index contributed by atoms with van der Waals surface area (Å²) in [6, 6.07) is 8.10. The summed E-state index contributed by atoms with van der Waals surface area (Å²) >= 11 is 0. The third kappa shape index (κ3) is 8.08. The minimum absolute atomic E-state index is 0.0541. The molecule has 0 saturated heterocycles. The van der Waals surface area contributed by atoms with E-state index in [0.29, 0.717) is 60.2 Å². The molecule has 2 aromatic heterocycles. The molecule has 4 aliphatic carbocycles. The van der Waals surface area contributed by atoms with Crippen molar-refractivity contribution in [1.82, 2.24) is 19.6 Å². The minimum atomic E-state index is -0.892. The molecule has 12 nitrogen and oxygen atoms in total. The molecule has 0 aliphatic heterocycles. The van der Waals surface area contributed by atoms with Crippen LogP contribution in [0.1, 0.15) is 129 Å². The average molecular weight is 825 g/mol. The molecule has 2 heterocycles. The van der Waals surface area contributed by atoms with Crippen molar-refractivity contribution >= 4 is 11.8 Å². The second-order valence-corrected chi connectivity index (χ2v) is 19.1. The molecule has 0 bridgehead atoms. The van der Waals surface area contributed by atoms with Gasteiger partial charge in [0.05, 0.1) is 36.0 Å². The number of hydrogen-bond acceptors (Lipinski definition) is 10. The van der Waals surface area contributed by atoms with Crippen LogP contribution >= 0.6 is 0 Å². The van der Waals surface area contributed by atoms with Gasteiger partial charge in [0.15, 0.2) is 0 Å². The first-order valence-electron chi connectivity index (χ1n) is 21.6. The van der Waals surface area contributed by atoms with Crippen molar-refractivity contribution in [2.45, 2.75) is 132 Å². The maximum Gasteiger partial charge on any atom is 0.247 e. The Labute approximate surface area is 353 Å². The second kappa shape index (κ2) is 16.5. The van der Waals surface area contributed by atoms with Crippen LogP contribution in [0.4, 0.5) is 0 Å². The average Bonchev–Trinajstić information content (AvgIpc) is 3.60. The summed E-state index contributed by atoms with van der Waals surface area (Å²) in [5, 5.41) is 46.1. The van der Waals surface area contributed by atoms with Crippen LogP contribution in [-0.2, 0) is 25.7 Å². The summed E-state index contributed by atoms with van der Waals surface area (Å²) in [5.74, 6) is 4.00. The van der Waals surface area contributed by atoms with E-state index in [1.165, 1.54) is 11.1 Å². The van der Waals surface area contributed by atoms with Crippen molar-refractivity contribution in [2.75, 3.05) is 26.4 Å². The fourth-order valence-corrected chi connectivity index (χ4v) is 10.6. The number of aromatic nitrogens is 4. The van der Waals surface area contributed by atoms with Gasteiger partial charge in [-0.2, -0.15) is 10.2 Å². The van der Waals surface area contributed by atoms with Gasteiger partial charge >= 0.3 is 0 Å². The van der Waals surface area contributed by atoms with Crippen molar-refractivity contribution < 1.29 is 39.5 Å². The number of aliphatic hydroxyl groups is 4. The molecular weight excluding hydrogens is 761 g/mol. The third-order valence-corrected chi connectivity index (χ3v) is 14.0. The zero-order valence-corrected chi connectivity index (χ0v) is 37.1. The highest BCUT2D eigenvalue weighted by Gasteiger charge is 2.65. The fraction of sp³-hybridized carbons (Fsp3) is 0.583. The Bertz CT molecular complexity index is 2100. The van der Waals surface area contributed by atoms with Crippen LogP contribution in [0, 0.1) is 64.2 Å². The molecule has 2 fully saturated rings. The van der Waals surface area contributed by atoms with Crippen LogP contribution in [-0.4, -0.2) is 90.4 Å². The Morgan fingerprint density at radius 1 is 0.650 bits per heavy atom. The molecule has 4 N–H and O–H groups in total. The van der Waals surface area contributed by atoms with E-state index in [4.69, 9.17) is 19.7 Å². The lowest BCUT2D eigenvalue weighted by Crippen LogP contribution is -2.21. The summed E-state index contributed by atoms with van der Waals surface area (Å²) in [5.41, 5.74) is 13.6. The highest BCUT2D eigenvalue weighted by molar-refractivity contribution is 5.80. The smallest absolute Gasteiger partial charge is 0.247 e. The topological polar surface area (TPSA) is 169 Å². The van der Waals surface area contributed by atoms with E-state index in [2.05, 4.69) is 37.9 Å². The Balaban J connectivity index is 0.000000181. The summed E-state index contributed by atoms with van der Waals surface area (Å²) < 4.78 is 14.7. The van der Waals surface area contributed by atoms with Gasteiger partial charge in [0, 0.05) is 24.0 Å². The Hall–Kier alpha value is -4.36. The van der Waals surface area contributed by atoms with E-state index in [0.717, 1.165) is 80.5 Å². The van der Waals surface area contributed by atoms with E-state index in [9.17, 15) is 19.8 Å². The van der Waals surface area contributed by atoms with E-state index in [-0.39, 0.29) is 38.2 Å². The molecule has 0 spiro atoms. The van der Waals surface area contributed by atoms with Crippen LogP contribution < -0.4 is 9.47 Å². The van der Waals surface area contributed by atoms with Gasteiger partial charge in [0.2, 0.25) is 11.8 Å². The molecule has 6 atom stereocenters. The van der Waals surface area contributed by atoms with Crippen molar-refractivity contribution in [3.05, 3.63) is 91.5 Å². The predicted octanol–water partition coefficient (Wildman–Crippen LogP) is 6.22. The Morgan fingerprint density at radius 2 is 0.983 bits per heavy atom. The van der Waals surface area contributed by atoms with Gasteiger partial charge in [-0.25, -0.2) is 9.36 Å². The number of nitrogens with zero attached hydrogens (tertiary/aromatic N) is 4. The molecular formula is C48H64N4O8. The largest absolute Gasteiger partial charge is 0.490 e. The monoisotopic (exact) mass is 824 g/mol.